The summed E-state index contributed by atoms with van der Waals surface area (Å²) in [4.78, 5) is 27.3. The zero-order chi connectivity index (χ0) is 24.6. The predicted molar refractivity (Wildman–Crippen MR) is 110 cm³/mol. The molecule has 0 radical (unpaired) electrons. The van der Waals surface area contributed by atoms with Gasteiger partial charge in [0, 0.05) is 23.2 Å². The minimum absolute atomic E-state index is 0.197. The van der Waals surface area contributed by atoms with Crippen LogP contribution in [0.2, 0.25) is 5.02 Å². The lowest BCUT2D eigenvalue weighted by Gasteiger charge is -2.15. The normalized spacial score (nSPS) is 13.0. The number of aromatic nitrogens is 5. The highest BCUT2D eigenvalue weighted by molar-refractivity contribution is 7.92. The van der Waals surface area contributed by atoms with Crippen molar-refractivity contribution in [1.29, 1.82) is 0 Å². The van der Waals surface area contributed by atoms with E-state index in [0.717, 1.165) is 6.07 Å². The summed E-state index contributed by atoms with van der Waals surface area (Å²) < 4.78 is 64.5. The van der Waals surface area contributed by atoms with Gasteiger partial charge in [-0.25, -0.2) is 18.1 Å². The van der Waals surface area contributed by atoms with Gasteiger partial charge in [-0.2, -0.15) is 23.0 Å². The highest BCUT2D eigenvalue weighted by Crippen LogP contribution is 2.32. The van der Waals surface area contributed by atoms with Crippen molar-refractivity contribution >= 4 is 27.3 Å². The van der Waals surface area contributed by atoms with Crippen LogP contribution in [0.5, 0.6) is 0 Å². The molecule has 0 aliphatic heterocycles. The second kappa shape index (κ2) is 8.94. The van der Waals surface area contributed by atoms with Gasteiger partial charge in [-0.15, -0.1) is 5.10 Å². The highest BCUT2D eigenvalue weighted by atomic mass is 35.5. The van der Waals surface area contributed by atoms with E-state index in [9.17, 15) is 31.2 Å². The van der Waals surface area contributed by atoms with Gasteiger partial charge in [0.15, 0.2) is 11.6 Å². The average Bonchev–Trinajstić information content (AvgIpc) is 3.23. The number of carbonyl (C=O) groups is 1. The molecule has 15 heteroatoms. The summed E-state index contributed by atoms with van der Waals surface area (Å²) in [5.41, 5.74) is -6.28. The van der Waals surface area contributed by atoms with Crippen LogP contribution in [0.4, 0.5) is 13.2 Å². The summed E-state index contributed by atoms with van der Waals surface area (Å²) >= 11 is 5.76. The Bertz CT molecular complexity index is 1370. The van der Waals surface area contributed by atoms with E-state index >= 15 is 0 Å². The van der Waals surface area contributed by atoms with Gasteiger partial charge in [-0.1, -0.05) is 11.6 Å². The number of nitrogens with one attached hydrogen (secondary N) is 1. The number of carbonyl (C=O) groups excluding carboxylic acids is 1. The largest absolute Gasteiger partial charge is 0.501 e. The molecule has 1 aromatic carbocycles. The molecule has 3 rings (SSSR count). The van der Waals surface area contributed by atoms with Gasteiger partial charge in [0.1, 0.15) is 6.33 Å². The van der Waals surface area contributed by atoms with E-state index in [2.05, 4.69) is 20.5 Å². The van der Waals surface area contributed by atoms with Crippen molar-refractivity contribution in [2.75, 3.05) is 0 Å². The lowest BCUT2D eigenvalue weighted by Crippen LogP contribution is -2.30. The van der Waals surface area contributed by atoms with E-state index in [1.807, 2.05) is 0 Å². The Kier molecular flexibility index (Phi) is 6.61. The lowest BCUT2D eigenvalue weighted by atomic mass is 10.2. The monoisotopic (exact) mass is 504 g/mol. The maximum atomic E-state index is 12.9. The number of nitrogens with zero attached hydrogens (tertiary/aromatic N) is 5. The SMILES string of the molecule is CCn1nc(-n2ncnc2[C@H](C)NC(=O)c2cc(Cl)cc(S(=O)(=O)C(F)(F)F)c2)ccc1=O. The average molecular weight is 505 g/mol. The Morgan fingerprint density at radius 1 is 1.24 bits per heavy atom. The number of hydrogen-bond acceptors (Lipinski definition) is 7. The summed E-state index contributed by atoms with van der Waals surface area (Å²) in [5, 5.41) is 10.3. The summed E-state index contributed by atoms with van der Waals surface area (Å²) in [7, 11) is -5.71. The quantitative estimate of drug-likeness (QED) is 0.545. The second-order valence-corrected chi connectivity index (χ2v) is 9.07. The Balaban J connectivity index is 1.90. The first-order valence-corrected chi connectivity index (χ1v) is 11.1. The van der Waals surface area contributed by atoms with E-state index in [1.165, 1.54) is 34.7 Å². The first kappa shape index (κ1) is 24.4. The van der Waals surface area contributed by atoms with Crippen LogP contribution < -0.4 is 10.9 Å². The van der Waals surface area contributed by atoms with Gasteiger partial charge in [0.05, 0.1) is 10.9 Å². The zero-order valence-electron chi connectivity index (χ0n) is 17.0. The highest BCUT2D eigenvalue weighted by Gasteiger charge is 2.47. The molecule has 1 atom stereocenters. The van der Waals surface area contributed by atoms with Crippen molar-refractivity contribution in [1.82, 2.24) is 29.9 Å². The van der Waals surface area contributed by atoms with Crippen LogP contribution in [-0.4, -0.2) is 44.4 Å². The third kappa shape index (κ3) is 4.90. The molecule has 176 valence electrons. The summed E-state index contributed by atoms with van der Waals surface area (Å²) in [6.07, 6.45) is 1.19. The summed E-state index contributed by atoms with van der Waals surface area (Å²) in [6, 6.07) is 4.07. The van der Waals surface area contributed by atoms with Gasteiger partial charge in [0.2, 0.25) is 0 Å². The van der Waals surface area contributed by atoms with Crippen molar-refractivity contribution in [2.45, 2.75) is 36.8 Å². The standard InChI is InChI=1S/C18H16ClF3N6O4S/c1-3-27-15(29)5-4-14(26-27)28-16(23-9-24-28)10(2)25-17(30)11-6-12(19)8-13(7-11)33(31,32)18(20,21)22/h4-10H,3H2,1-2H3,(H,25,30)/t10-/m0/s1. The molecule has 2 aromatic heterocycles. The van der Waals surface area contributed by atoms with Gasteiger partial charge in [-0.3, -0.25) is 9.59 Å². The molecule has 0 spiro atoms. The fourth-order valence-electron chi connectivity index (χ4n) is 2.83. The molecular formula is C18H16ClF3N6O4S. The minimum Gasteiger partial charge on any atom is -0.342 e. The van der Waals surface area contributed by atoms with Gasteiger partial charge >= 0.3 is 5.51 Å². The molecular weight excluding hydrogens is 489 g/mol. The number of amides is 1. The van der Waals surface area contributed by atoms with Crippen molar-refractivity contribution in [2.24, 2.45) is 0 Å². The van der Waals surface area contributed by atoms with E-state index in [1.54, 1.807) is 6.92 Å². The molecule has 3 aromatic rings. The third-order valence-electron chi connectivity index (χ3n) is 4.43. The Morgan fingerprint density at radius 3 is 2.58 bits per heavy atom. The molecule has 10 nitrogen and oxygen atoms in total. The molecule has 1 amide bonds. The number of aryl methyl sites for hydroxylation is 1. The van der Waals surface area contributed by atoms with Crippen molar-refractivity contribution in [3.63, 3.8) is 0 Å². The van der Waals surface area contributed by atoms with Crippen LogP contribution in [0.1, 0.15) is 36.1 Å². The number of benzene rings is 1. The van der Waals surface area contributed by atoms with Crippen molar-refractivity contribution < 1.29 is 26.4 Å². The van der Waals surface area contributed by atoms with Crippen molar-refractivity contribution in [3.05, 3.63) is 63.4 Å². The first-order valence-electron chi connectivity index (χ1n) is 9.26. The molecule has 0 unspecified atom stereocenters. The Labute approximate surface area is 189 Å². The second-order valence-electron chi connectivity index (χ2n) is 6.70. The minimum atomic E-state index is -5.71. The molecule has 0 fully saturated rings. The van der Waals surface area contributed by atoms with Crippen LogP contribution in [0, 0.1) is 0 Å². The molecule has 0 aliphatic rings. The molecule has 0 saturated carbocycles. The molecule has 1 N–H and O–H groups in total. The molecule has 0 bridgehead atoms. The third-order valence-corrected chi connectivity index (χ3v) is 6.11. The van der Waals surface area contributed by atoms with Crippen LogP contribution in [0.3, 0.4) is 0 Å². The molecule has 0 saturated heterocycles. The lowest BCUT2D eigenvalue weighted by molar-refractivity contribution is -0.0436. The van der Waals surface area contributed by atoms with Gasteiger partial charge < -0.3 is 5.32 Å². The fourth-order valence-corrected chi connectivity index (χ4v) is 3.96. The zero-order valence-corrected chi connectivity index (χ0v) is 18.6. The van der Waals surface area contributed by atoms with E-state index < -0.39 is 37.8 Å². The van der Waals surface area contributed by atoms with Crippen LogP contribution in [0.25, 0.3) is 5.82 Å². The first-order chi connectivity index (χ1) is 15.3. The number of hydrogen-bond donors (Lipinski definition) is 1. The van der Waals surface area contributed by atoms with Crippen molar-refractivity contribution in [3.8, 4) is 5.82 Å². The summed E-state index contributed by atoms with van der Waals surface area (Å²) in [6.45, 7) is 3.55. The van der Waals surface area contributed by atoms with Crippen LogP contribution in [-0.2, 0) is 16.4 Å². The van der Waals surface area contributed by atoms with Gasteiger partial charge in [-0.05, 0) is 38.1 Å². The Hall–Kier alpha value is -3.26. The van der Waals surface area contributed by atoms with E-state index in [0.29, 0.717) is 18.7 Å². The topological polar surface area (TPSA) is 129 Å². The number of halogens is 4. The van der Waals surface area contributed by atoms with Crippen LogP contribution in [0.15, 0.2) is 46.3 Å². The maximum absolute atomic E-state index is 12.9. The summed E-state index contributed by atoms with van der Waals surface area (Å²) in [5.74, 6) is -0.460. The molecule has 33 heavy (non-hydrogen) atoms. The number of sulfone groups is 1. The Morgan fingerprint density at radius 2 is 1.94 bits per heavy atom. The number of alkyl halides is 3. The predicted octanol–water partition coefficient (Wildman–Crippen LogP) is 2.28. The van der Waals surface area contributed by atoms with E-state index in [4.69, 9.17) is 11.6 Å². The smallest absolute Gasteiger partial charge is 0.342 e. The number of rotatable bonds is 6. The van der Waals surface area contributed by atoms with Gasteiger partial charge in [0.25, 0.3) is 21.3 Å². The maximum Gasteiger partial charge on any atom is 0.501 e. The fraction of sp³-hybridized carbons (Fsp3) is 0.278. The molecule has 2 heterocycles. The molecule has 0 aliphatic carbocycles. The van der Waals surface area contributed by atoms with E-state index in [-0.39, 0.29) is 22.2 Å². The van der Waals surface area contributed by atoms with Crippen LogP contribution >= 0.6 is 11.6 Å².